The van der Waals surface area contributed by atoms with Crippen molar-refractivity contribution >= 4 is 17.9 Å². The maximum absolute atomic E-state index is 9.89. The van der Waals surface area contributed by atoms with E-state index in [0.29, 0.717) is 4.48 Å². The normalized spacial score (nSPS) is 11.3. The molecule has 0 aliphatic heterocycles. The second kappa shape index (κ2) is 10.3. The first kappa shape index (κ1) is 22.5. The molecule has 0 amide bonds. The number of carbonyl (C=O) groups is 3. The summed E-state index contributed by atoms with van der Waals surface area (Å²) in [6, 6.07) is -1.40. The van der Waals surface area contributed by atoms with Gasteiger partial charge in [0.15, 0.2) is 0 Å². The van der Waals surface area contributed by atoms with Crippen molar-refractivity contribution in [1.29, 1.82) is 0 Å². The third kappa shape index (κ3) is 20.7. The summed E-state index contributed by atoms with van der Waals surface area (Å²) < 4.78 is 0.419. The van der Waals surface area contributed by atoms with Crippen molar-refractivity contribution in [3.05, 3.63) is 0 Å². The van der Waals surface area contributed by atoms with E-state index < -0.39 is 30.4 Å². The number of nitrogens with two attached hydrogens (primary N) is 1. The van der Waals surface area contributed by atoms with Crippen molar-refractivity contribution in [1.82, 2.24) is 0 Å². The zero-order valence-corrected chi connectivity index (χ0v) is 13.0. The molecular formula is C9H17N2NaO6. The maximum Gasteiger partial charge on any atom is 1.00 e. The summed E-state index contributed by atoms with van der Waals surface area (Å²) in [5.41, 5.74) is 4.77. The van der Waals surface area contributed by atoms with Gasteiger partial charge in [-0.15, -0.1) is 0 Å². The fraction of sp³-hybridized carbons (Fsp3) is 0.667. The first-order chi connectivity index (χ1) is 7.45. The Kier molecular flexibility index (Phi) is 12.8. The SMILES string of the molecule is C[N+](C)(C)CC(=O)[O-].N[C@@H](CC(=O)O)C(=O)[O-].[Na+]. The van der Waals surface area contributed by atoms with Crippen LogP contribution < -0.4 is 45.5 Å². The molecule has 0 radical (unpaired) electrons. The minimum absolute atomic E-state index is 0. The molecule has 0 aromatic heterocycles. The van der Waals surface area contributed by atoms with Crippen LogP contribution in [-0.4, -0.2) is 61.2 Å². The summed E-state index contributed by atoms with van der Waals surface area (Å²) in [7, 11) is 5.40. The number of hydrogen-bond acceptors (Lipinski definition) is 6. The van der Waals surface area contributed by atoms with Crippen molar-refractivity contribution < 1.29 is 63.7 Å². The number of carboxylic acid groups (broad SMARTS) is 3. The van der Waals surface area contributed by atoms with E-state index in [9.17, 15) is 24.6 Å². The van der Waals surface area contributed by atoms with Gasteiger partial charge in [0, 0.05) is 0 Å². The van der Waals surface area contributed by atoms with Gasteiger partial charge in [0.05, 0.1) is 45.5 Å². The maximum atomic E-state index is 9.89. The van der Waals surface area contributed by atoms with Crippen molar-refractivity contribution in [2.24, 2.45) is 5.73 Å². The quantitative estimate of drug-likeness (QED) is 0.374. The van der Waals surface area contributed by atoms with Crippen LogP contribution in [0.2, 0.25) is 0 Å². The van der Waals surface area contributed by atoms with E-state index in [2.05, 4.69) is 0 Å². The molecule has 0 bridgehead atoms. The van der Waals surface area contributed by atoms with Crippen LogP contribution in [0.15, 0.2) is 0 Å². The Hall–Kier alpha value is -0.670. The van der Waals surface area contributed by atoms with Crippen molar-refractivity contribution in [3.8, 4) is 0 Å². The van der Waals surface area contributed by atoms with Crippen molar-refractivity contribution in [3.63, 3.8) is 0 Å². The van der Waals surface area contributed by atoms with Gasteiger partial charge in [-0.3, -0.25) is 4.79 Å². The molecular weight excluding hydrogens is 255 g/mol. The summed E-state index contributed by atoms with van der Waals surface area (Å²) in [6.07, 6.45) is -0.595. The molecule has 9 heteroatoms. The van der Waals surface area contributed by atoms with Crippen LogP contribution >= 0.6 is 0 Å². The molecule has 18 heavy (non-hydrogen) atoms. The number of carbonyl (C=O) groups excluding carboxylic acids is 2. The van der Waals surface area contributed by atoms with Crippen LogP contribution in [0.4, 0.5) is 0 Å². The molecule has 0 aromatic carbocycles. The zero-order valence-electron chi connectivity index (χ0n) is 11.0. The standard InChI is InChI=1S/C5H11NO2.C4H7NO4.Na/c1-6(2,3)4-5(7)8;5-2(4(8)9)1-3(6)7;/h4H2,1-3H3;2H,1,5H2,(H,6,7)(H,8,9);/q;;+1/p-1/t;2-;/m.0./s1. The molecule has 0 aromatic rings. The third-order valence-corrected chi connectivity index (χ3v) is 1.30. The molecule has 0 spiro atoms. The first-order valence-corrected chi connectivity index (χ1v) is 4.64. The number of hydrogen-bond donors (Lipinski definition) is 2. The third-order valence-electron chi connectivity index (χ3n) is 1.30. The number of carboxylic acids is 3. The summed E-state index contributed by atoms with van der Waals surface area (Å²) >= 11 is 0. The molecule has 0 heterocycles. The molecule has 0 aliphatic rings. The summed E-state index contributed by atoms with van der Waals surface area (Å²) in [5.74, 6) is -3.79. The van der Waals surface area contributed by atoms with E-state index >= 15 is 0 Å². The second-order valence-electron chi connectivity index (χ2n) is 4.34. The summed E-state index contributed by atoms with van der Waals surface area (Å²) in [5, 5.41) is 27.6. The molecule has 0 unspecified atom stereocenters. The van der Waals surface area contributed by atoms with Gasteiger partial charge in [0.25, 0.3) is 0 Å². The summed E-state index contributed by atoms with van der Waals surface area (Å²) in [6.45, 7) is 0.0694. The van der Waals surface area contributed by atoms with E-state index in [-0.39, 0.29) is 36.1 Å². The van der Waals surface area contributed by atoms with Crippen LogP contribution in [0.3, 0.4) is 0 Å². The van der Waals surface area contributed by atoms with Gasteiger partial charge in [0.2, 0.25) is 0 Å². The largest absolute Gasteiger partial charge is 1.00 e. The second-order valence-corrected chi connectivity index (χ2v) is 4.34. The molecule has 0 rings (SSSR count). The Morgan fingerprint density at radius 3 is 1.67 bits per heavy atom. The molecule has 0 fully saturated rings. The Morgan fingerprint density at radius 1 is 1.22 bits per heavy atom. The van der Waals surface area contributed by atoms with Gasteiger partial charge in [-0.1, -0.05) is 0 Å². The minimum atomic E-state index is -1.54. The monoisotopic (exact) mass is 272 g/mol. The Labute approximate surface area is 127 Å². The topological polar surface area (TPSA) is 144 Å². The molecule has 3 N–H and O–H groups in total. The van der Waals surface area contributed by atoms with Gasteiger partial charge < -0.3 is 35.1 Å². The van der Waals surface area contributed by atoms with Crippen LogP contribution in [0.5, 0.6) is 0 Å². The Bertz CT molecular complexity index is 289. The van der Waals surface area contributed by atoms with Gasteiger partial charge in [0.1, 0.15) is 6.54 Å². The van der Waals surface area contributed by atoms with E-state index in [4.69, 9.17) is 10.8 Å². The molecule has 0 saturated heterocycles. The average Bonchev–Trinajstić information content (AvgIpc) is 1.98. The number of likely N-dealkylation sites (N-methyl/N-ethyl adjacent to an activating group) is 1. The zero-order chi connectivity index (χ0) is 14.2. The smallest absolute Gasteiger partial charge is 0.548 e. The fourth-order valence-corrected chi connectivity index (χ4v) is 0.659. The van der Waals surface area contributed by atoms with Gasteiger partial charge >= 0.3 is 35.5 Å². The molecule has 0 saturated carbocycles. The van der Waals surface area contributed by atoms with Gasteiger partial charge in [-0.05, 0) is 0 Å². The summed E-state index contributed by atoms with van der Waals surface area (Å²) in [4.78, 5) is 29.4. The van der Waals surface area contributed by atoms with E-state index in [1.165, 1.54) is 0 Å². The van der Waals surface area contributed by atoms with E-state index in [1.807, 2.05) is 0 Å². The number of rotatable bonds is 5. The van der Waals surface area contributed by atoms with Crippen LogP contribution in [0, 0.1) is 0 Å². The first-order valence-electron chi connectivity index (χ1n) is 4.64. The van der Waals surface area contributed by atoms with Gasteiger partial charge in [-0.2, -0.15) is 0 Å². The van der Waals surface area contributed by atoms with Gasteiger partial charge in [-0.25, -0.2) is 0 Å². The molecule has 100 valence electrons. The number of quaternary nitrogens is 1. The Morgan fingerprint density at radius 2 is 1.61 bits per heavy atom. The predicted molar refractivity (Wildman–Crippen MR) is 53.1 cm³/mol. The van der Waals surface area contributed by atoms with Crippen molar-refractivity contribution in [2.75, 3.05) is 27.7 Å². The molecule has 1 atom stereocenters. The Balaban J connectivity index is -0.000000238. The van der Waals surface area contributed by atoms with Crippen LogP contribution in [0.1, 0.15) is 6.42 Å². The average molecular weight is 272 g/mol. The fourth-order valence-electron chi connectivity index (χ4n) is 0.659. The number of aliphatic carboxylic acids is 3. The van der Waals surface area contributed by atoms with Crippen LogP contribution in [0.25, 0.3) is 0 Å². The van der Waals surface area contributed by atoms with Crippen molar-refractivity contribution in [2.45, 2.75) is 12.5 Å². The minimum Gasteiger partial charge on any atom is -0.548 e. The number of nitrogens with zero attached hydrogens (tertiary/aromatic N) is 1. The molecule has 8 nitrogen and oxygen atoms in total. The van der Waals surface area contributed by atoms with E-state index in [1.54, 1.807) is 21.1 Å². The molecule has 0 aliphatic carbocycles. The van der Waals surface area contributed by atoms with E-state index in [0.717, 1.165) is 0 Å². The van der Waals surface area contributed by atoms with Crippen LogP contribution in [-0.2, 0) is 14.4 Å². The predicted octanol–water partition coefficient (Wildman–Crippen LogP) is -7.02.